The van der Waals surface area contributed by atoms with Crippen LogP contribution >= 0.6 is 0 Å². The number of ether oxygens (including phenoxy) is 1. The van der Waals surface area contributed by atoms with Crippen LogP contribution in [-0.4, -0.2) is 29.7 Å². The molecule has 0 aromatic carbocycles. The highest BCUT2D eigenvalue weighted by Gasteiger charge is 2.52. The van der Waals surface area contributed by atoms with E-state index in [2.05, 4.69) is 15.3 Å². The van der Waals surface area contributed by atoms with Gasteiger partial charge in [-0.25, -0.2) is 4.39 Å². The van der Waals surface area contributed by atoms with Crippen LogP contribution in [-0.2, 0) is 0 Å². The van der Waals surface area contributed by atoms with Crippen molar-refractivity contribution in [3.63, 3.8) is 0 Å². The maximum atomic E-state index is 13.6. The fourth-order valence-corrected chi connectivity index (χ4v) is 3.19. The average molecular weight is 285 g/mol. The summed E-state index contributed by atoms with van der Waals surface area (Å²) in [6.07, 6.45) is 4.41. The van der Waals surface area contributed by atoms with Crippen LogP contribution in [0.5, 0.6) is 5.75 Å². The zero-order valence-corrected chi connectivity index (χ0v) is 11.5. The number of fused-ring (bicyclic) bond motifs is 1. The van der Waals surface area contributed by atoms with Crippen molar-refractivity contribution in [1.29, 1.82) is 0 Å². The van der Waals surface area contributed by atoms with E-state index in [1.54, 1.807) is 24.5 Å². The molecule has 1 aliphatic carbocycles. The fourth-order valence-electron chi connectivity index (χ4n) is 3.19. The van der Waals surface area contributed by atoms with Crippen molar-refractivity contribution in [2.75, 3.05) is 19.7 Å². The Morgan fingerprint density at radius 1 is 1.19 bits per heavy atom. The number of halogens is 1. The summed E-state index contributed by atoms with van der Waals surface area (Å²) in [5, 5.41) is 3.37. The number of hydrogen-bond donors (Lipinski definition) is 1. The normalized spacial score (nSPS) is 26.4. The molecule has 3 atom stereocenters. The van der Waals surface area contributed by atoms with Gasteiger partial charge in [-0.15, -0.1) is 0 Å². The summed E-state index contributed by atoms with van der Waals surface area (Å²) in [5.41, 5.74) is 1.05. The van der Waals surface area contributed by atoms with Crippen LogP contribution in [0.3, 0.4) is 0 Å². The van der Waals surface area contributed by atoms with Crippen molar-refractivity contribution >= 4 is 0 Å². The van der Waals surface area contributed by atoms with Crippen LogP contribution in [0.25, 0.3) is 11.3 Å². The Morgan fingerprint density at radius 2 is 2.05 bits per heavy atom. The van der Waals surface area contributed by atoms with Gasteiger partial charge in [-0.1, -0.05) is 0 Å². The lowest BCUT2D eigenvalue weighted by molar-refractivity contribution is 0.279. The van der Waals surface area contributed by atoms with Crippen LogP contribution in [0.15, 0.2) is 36.8 Å². The van der Waals surface area contributed by atoms with Gasteiger partial charge in [-0.05, 0) is 43.1 Å². The van der Waals surface area contributed by atoms with Crippen molar-refractivity contribution in [1.82, 2.24) is 15.3 Å². The first-order chi connectivity index (χ1) is 10.3. The molecule has 0 radical (unpaired) electrons. The van der Waals surface area contributed by atoms with E-state index < -0.39 is 0 Å². The first-order valence-corrected chi connectivity index (χ1v) is 7.22. The Hall–Kier alpha value is -2.01. The van der Waals surface area contributed by atoms with E-state index in [9.17, 15) is 4.39 Å². The lowest BCUT2D eigenvalue weighted by Gasteiger charge is -2.08. The van der Waals surface area contributed by atoms with Gasteiger partial charge in [0.25, 0.3) is 0 Å². The third-order valence-electron chi connectivity index (χ3n) is 4.50. The van der Waals surface area contributed by atoms with E-state index in [4.69, 9.17) is 4.74 Å². The first-order valence-electron chi connectivity index (χ1n) is 7.22. The van der Waals surface area contributed by atoms with Crippen LogP contribution in [0.4, 0.5) is 4.39 Å². The second kappa shape index (κ2) is 5.07. The Labute approximate surface area is 122 Å². The number of rotatable bonds is 4. The number of piperidine rings is 1. The molecule has 1 aliphatic heterocycles. The van der Waals surface area contributed by atoms with Crippen molar-refractivity contribution in [2.24, 2.45) is 17.8 Å². The van der Waals surface area contributed by atoms with Crippen molar-refractivity contribution in [2.45, 2.75) is 0 Å². The van der Waals surface area contributed by atoms with Gasteiger partial charge in [0.05, 0.1) is 24.7 Å². The van der Waals surface area contributed by atoms with E-state index in [0.717, 1.165) is 37.3 Å². The molecule has 2 unspecified atom stereocenters. The SMILES string of the molecule is Fc1cnccc1-c1ccc(OCC2C3CNC[C@H]32)cn1. The lowest BCUT2D eigenvalue weighted by Crippen LogP contribution is -2.17. The molecule has 1 saturated heterocycles. The highest BCUT2D eigenvalue weighted by Crippen LogP contribution is 2.48. The summed E-state index contributed by atoms with van der Waals surface area (Å²) in [7, 11) is 0. The zero-order chi connectivity index (χ0) is 14.2. The first kappa shape index (κ1) is 12.7. The Kier molecular flexibility index (Phi) is 3.07. The van der Waals surface area contributed by atoms with Crippen molar-refractivity contribution in [3.8, 4) is 17.0 Å². The van der Waals surface area contributed by atoms with Gasteiger partial charge >= 0.3 is 0 Å². The molecular weight excluding hydrogens is 269 g/mol. The molecule has 2 fully saturated rings. The molecule has 0 amide bonds. The Bertz CT molecular complexity index is 636. The number of hydrogen-bond acceptors (Lipinski definition) is 4. The molecule has 5 heteroatoms. The maximum Gasteiger partial charge on any atom is 0.150 e. The monoisotopic (exact) mass is 285 g/mol. The van der Waals surface area contributed by atoms with Gasteiger partial charge in [0.15, 0.2) is 5.82 Å². The molecule has 3 heterocycles. The van der Waals surface area contributed by atoms with Gasteiger partial charge in [-0.2, -0.15) is 0 Å². The van der Waals surface area contributed by atoms with Crippen LogP contribution in [0, 0.1) is 23.6 Å². The second-order valence-electron chi connectivity index (χ2n) is 5.70. The molecule has 1 saturated carbocycles. The predicted molar refractivity (Wildman–Crippen MR) is 76.3 cm³/mol. The third kappa shape index (κ3) is 2.38. The minimum absolute atomic E-state index is 0.364. The minimum Gasteiger partial charge on any atom is -0.492 e. The van der Waals surface area contributed by atoms with E-state index >= 15 is 0 Å². The molecule has 2 aromatic rings. The van der Waals surface area contributed by atoms with Crippen molar-refractivity contribution < 1.29 is 9.13 Å². The van der Waals surface area contributed by atoms with Crippen molar-refractivity contribution in [3.05, 3.63) is 42.6 Å². The Balaban J connectivity index is 1.41. The molecule has 21 heavy (non-hydrogen) atoms. The average Bonchev–Trinajstić information content (AvgIpc) is 2.94. The van der Waals surface area contributed by atoms with Crippen LogP contribution in [0.1, 0.15) is 0 Å². The van der Waals surface area contributed by atoms with E-state index in [1.807, 2.05) is 6.07 Å². The highest BCUT2D eigenvalue weighted by atomic mass is 19.1. The molecule has 0 bridgehead atoms. The molecule has 108 valence electrons. The second-order valence-corrected chi connectivity index (χ2v) is 5.70. The van der Waals surface area contributed by atoms with Crippen LogP contribution in [0.2, 0.25) is 0 Å². The number of nitrogens with zero attached hydrogens (tertiary/aromatic N) is 2. The van der Waals surface area contributed by atoms with Gasteiger partial charge < -0.3 is 10.1 Å². The van der Waals surface area contributed by atoms with Gasteiger partial charge in [0.2, 0.25) is 0 Å². The molecule has 4 nitrogen and oxygen atoms in total. The molecule has 1 N–H and O–H groups in total. The molecule has 0 spiro atoms. The minimum atomic E-state index is -0.364. The summed E-state index contributed by atoms with van der Waals surface area (Å²) in [5.74, 6) is 2.65. The maximum absolute atomic E-state index is 13.6. The molecule has 2 aliphatic rings. The van der Waals surface area contributed by atoms with Gasteiger partial charge in [0, 0.05) is 17.7 Å². The highest BCUT2D eigenvalue weighted by molar-refractivity contribution is 5.59. The summed E-state index contributed by atoms with van der Waals surface area (Å²) in [4.78, 5) is 8.01. The molecule has 4 rings (SSSR count). The van der Waals surface area contributed by atoms with Crippen LogP contribution < -0.4 is 10.1 Å². The molecule has 2 aromatic heterocycles. The van der Waals surface area contributed by atoms with E-state index in [0.29, 0.717) is 17.2 Å². The van der Waals surface area contributed by atoms with Gasteiger partial charge in [0.1, 0.15) is 5.75 Å². The summed E-state index contributed by atoms with van der Waals surface area (Å²) < 4.78 is 19.4. The summed E-state index contributed by atoms with van der Waals surface area (Å²) in [6, 6.07) is 5.25. The number of aromatic nitrogens is 2. The smallest absolute Gasteiger partial charge is 0.150 e. The summed E-state index contributed by atoms with van der Waals surface area (Å²) >= 11 is 0. The van der Waals surface area contributed by atoms with E-state index in [1.165, 1.54) is 6.20 Å². The summed E-state index contributed by atoms with van der Waals surface area (Å²) in [6.45, 7) is 3.00. The zero-order valence-electron chi connectivity index (χ0n) is 11.5. The molecular formula is C16H16FN3O. The Morgan fingerprint density at radius 3 is 2.76 bits per heavy atom. The largest absolute Gasteiger partial charge is 0.492 e. The van der Waals surface area contributed by atoms with Gasteiger partial charge in [-0.3, -0.25) is 9.97 Å². The van der Waals surface area contributed by atoms with E-state index in [-0.39, 0.29) is 5.82 Å². The fraction of sp³-hybridized carbons (Fsp3) is 0.375. The topological polar surface area (TPSA) is 47.0 Å². The number of pyridine rings is 2. The number of nitrogens with one attached hydrogen (secondary N) is 1. The third-order valence-corrected chi connectivity index (χ3v) is 4.50. The predicted octanol–water partition coefficient (Wildman–Crippen LogP) is 2.13. The lowest BCUT2D eigenvalue weighted by atomic mass is 10.2. The quantitative estimate of drug-likeness (QED) is 0.935. The standard InChI is InChI=1S/C16H16FN3O/c17-15-8-18-4-3-11(15)16-2-1-10(5-20-16)21-9-14-12-6-19-7-13(12)14/h1-5,8,12-14,19H,6-7,9H2/t12-,13?,14?/m1/s1.